The van der Waals surface area contributed by atoms with Crippen LogP contribution in [0.5, 0.6) is 0 Å². The lowest BCUT2D eigenvalue weighted by atomic mass is 10.2. The molecule has 19 heavy (non-hydrogen) atoms. The maximum Gasteiger partial charge on any atom is 0.336 e. The molecule has 0 aliphatic heterocycles. The maximum atomic E-state index is 13.8. The quantitative estimate of drug-likeness (QED) is 0.567. The lowest BCUT2D eigenvalue weighted by molar-refractivity contribution is 0.0695. The Kier molecular flexibility index (Phi) is 6.52. The van der Waals surface area contributed by atoms with Crippen molar-refractivity contribution in [1.29, 1.82) is 0 Å². The van der Waals surface area contributed by atoms with Crippen LogP contribution in [0.15, 0.2) is 29.3 Å². The van der Waals surface area contributed by atoms with Gasteiger partial charge in [-0.3, -0.25) is 0 Å². The Morgan fingerprint density at radius 2 is 2.26 bits per heavy atom. The third kappa shape index (κ3) is 4.65. The summed E-state index contributed by atoms with van der Waals surface area (Å²) in [5.74, 6) is -1.80. The topological polar surface area (TPSA) is 58.6 Å². The van der Waals surface area contributed by atoms with E-state index in [1.54, 1.807) is 6.08 Å². The van der Waals surface area contributed by atoms with Crippen LogP contribution in [0.1, 0.15) is 16.8 Å². The summed E-state index contributed by atoms with van der Waals surface area (Å²) in [6, 6.07) is 2.74. The molecule has 0 heterocycles. The molecule has 0 saturated heterocycles. The summed E-state index contributed by atoms with van der Waals surface area (Å²) in [6.45, 7) is 5.02. The Bertz CT molecular complexity index is 465. The Balaban J connectivity index is 2.53. The minimum absolute atomic E-state index is 0.0578. The van der Waals surface area contributed by atoms with Crippen LogP contribution in [0.4, 0.5) is 10.1 Å². The van der Waals surface area contributed by atoms with E-state index in [9.17, 15) is 9.18 Å². The summed E-state index contributed by atoms with van der Waals surface area (Å²) in [6.07, 6.45) is 2.53. The van der Waals surface area contributed by atoms with Crippen molar-refractivity contribution in [3.05, 3.63) is 40.6 Å². The number of ether oxygens (including phenoxy) is 1. The zero-order valence-electron chi connectivity index (χ0n) is 10.3. The standard InChI is InChI=1S/C13H15BrFNO3/c1-2-3-7-19-8-6-16-10-5-4-9(13(17)18)11(14)12(10)15/h2,4-5,16H,1,3,6-8H2,(H,17,18). The fraction of sp³-hybridized carbons (Fsp3) is 0.308. The molecule has 4 nitrogen and oxygen atoms in total. The largest absolute Gasteiger partial charge is 0.478 e. The van der Waals surface area contributed by atoms with Gasteiger partial charge in [-0.05, 0) is 34.5 Å². The highest BCUT2D eigenvalue weighted by Crippen LogP contribution is 2.26. The second kappa shape index (κ2) is 7.91. The van der Waals surface area contributed by atoms with Gasteiger partial charge >= 0.3 is 5.97 Å². The zero-order chi connectivity index (χ0) is 14.3. The van der Waals surface area contributed by atoms with Gasteiger partial charge in [-0.25, -0.2) is 9.18 Å². The van der Waals surface area contributed by atoms with Gasteiger partial charge in [0.1, 0.15) is 0 Å². The lowest BCUT2D eigenvalue weighted by Crippen LogP contribution is -2.11. The van der Waals surface area contributed by atoms with Gasteiger partial charge < -0.3 is 15.2 Å². The molecule has 2 N–H and O–H groups in total. The first-order valence-electron chi connectivity index (χ1n) is 5.71. The molecule has 1 rings (SSSR count). The molecule has 0 spiro atoms. The molecule has 0 saturated carbocycles. The minimum Gasteiger partial charge on any atom is -0.478 e. The van der Waals surface area contributed by atoms with E-state index in [0.29, 0.717) is 19.8 Å². The van der Waals surface area contributed by atoms with Crippen LogP contribution in [-0.2, 0) is 4.74 Å². The number of carbonyl (C=O) groups is 1. The molecular weight excluding hydrogens is 317 g/mol. The monoisotopic (exact) mass is 331 g/mol. The fourth-order valence-corrected chi connectivity index (χ4v) is 1.89. The SMILES string of the molecule is C=CCCOCCNc1ccc(C(=O)O)c(Br)c1F. The molecule has 0 aliphatic rings. The van der Waals surface area contributed by atoms with Crippen molar-refractivity contribution in [2.24, 2.45) is 0 Å². The molecule has 0 radical (unpaired) electrons. The number of hydrogen-bond acceptors (Lipinski definition) is 3. The van der Waals surface area contributed by atoms with E-state index in [0.717, 1.165) is 6.42 Å². The number of anilines is 1. The molecule has 0 bridgehead atoms. The van der Waals surface area contributed by atoms with E-state index in [1.165, 1.54) is 12.1 Å². The van der Waals surface area contributed by atoms with Crippen molar-refractivity contribution in [2.45, 2.75) is 6.42 Å². The van der Waals surface area contributed by atoms with Crippen molar-refractivity contribution in [3.63, 3.8) is 0 Å². The number of nitrogens with one attached hydrogen (secondary N) is 1. The van der Waals surface area contributed by atoms with Gasteiger partial charge in [-0.1, -0.05) is 6.08 Å². The normalized spacial score (nSPS) is 10.2. The summed E-state index contributed by atoms with van der Waals surface area (Å²) >= 11 is 2.94. The Labute approximate surface area is 119 Å². The smallest absolute Gasteiger partial charge is 0.336 e. The van der Waals surface area contributed by atoms with E-state index >= 15 is 0 Å². The Morgan fingerprint density at radius 3 is 2.89 bits per heavy atom. The van der Waals surface area contributed by atoms with Crippen LogP contribution in [0.2, 0.25) is 0 Å². The predicted octanol–water partition coefficient (Wildman–Crippen LogP) is 3.29. The highest BCUT2D eigenvalue weighted by molar-refractivity contribution is 9.10. The molecule has 0 fully saturated rings. The summed E-state index contributed by atoms with van der Waals surface area (Å²) in [7, 11) is 0. The molecule has 0 unspecified atom stereocenters. The molecule has 0 atom stereocenters. The second-order valence-electron chi connectivity index (χ2n) is 3.71. The molecule has 1 aromatic carbocycles. The number of benzene rings is 1. The summed E-state index contributed by atoms with van der Waals surface area (Å²) < 4.78 is 19.0. The first-order chi connectivity index (χ1) is 9.07. The number of halogens is 2. The van der Waals surface area contributed by atoms with E-state index in [-0.39, 0.29) is 15.7 Å². The molecule has 1 aromatic rings. The molecule has 6 heteroatoms. The van der Waals surface area contributed by atoms with Gasteiger partial charge in [-0.2, -0.15) is 0 Å². The van der Waals surface area contributed by atoms with Gasteiger partial charge in [-0.15, -0.1) is 6.58 Å². The van der Waals surface area contributed by atoms with Crippen LogP contribution in [-0.4, -0.2) is 30.8 Å². The molecular formula is C13H15BrFNO3. The van der Waals surface area contributed by atoms with Crippen LogP contribution in [0, 0.1) is 5.82 Å². The Hall–Kier alpha value is -1.40. The molecule has 0 aromatic heterocycles. The lowest BCUT2D eigenvalue weighted by Gasteiger charge is -2.10. The number of aromatic carboxylic acids is 1. The first kappa shape index (κ1) is 15.7. The summed E-state index contributed by atoms with van der Waals surface area (Å²) in [5, 5.41) is 11.7. The van der Waals surface area contributed by atoms with Crippen molar-refractivity contribution in [2.75, 3.05) is 25.1 Å². The highest BCUT2D eigenvalue weighted by Gasteiger charge is 2.15. The van der Waals surface area contributed by atoms with Crippen molar-refractivity contribution >= 4 is 27.6 Å². The highest BCUT2D eigenvalue weighted by atomic mass is 79.9. The predicted molar refractivity (Wildman–Crippen MR) is 75.2 cm³/mol. The average molecular weight is 332 g/mol. The minimum atomic E-state index is -1.18. The summed E-state index contributed by atoms with van der Waals surface area (Å²) in [4.78, 5) is 10.8. The van der Waals surface area contributed by atoms with Gasteiger partial charge in [0.15, 0.2) is 5.82 Å². The number of carboxylic acids is 1. The van der Waals surface area contributed by atoms with Crippen LogP contribution < -0.4 is 5.32 Å². The van der Waals surface area contributed by atoms with Gasteiger partial charge in [0.05, 0.1) is 28.9 Å². The van der Waals surface area contributed by atoms with Crippen molar-refractivity contribution < 1.29 is 19.0 Å². The van der Waals surface area contributed by atoms with Crippen LogP contribution >= 0.6 is 15.9 Å². The third-order valence-corrected chi connectivity index (χ3v) is 3.12. The van der Waals surface area contributed by atoms with E-state index in [4.69, 9.17) is 9.84 Å². The maximum absolute atomic E-state index is 13.8. The zero-order valence-corrected chi connectivity index (χ0v) is 11.9. The first-order valence-corrected chi connectivity index (χ1v) is 6.51. The number of hydrogen-bond donors (Lipinski definition) is 2. The van der Waals surface area contributed by atoms with E-state index in [1.807, 2.05) is 0 Å². The van der Waals surface area contributed by atoms with Gasteiger partial charge in [0.2, 0.25) is 0 Å². The third-order valence-electron chi connectivity index (χ3n) is 2.34. The Morgan fingerprint density at radius 1 is 1.53 bits per heavy atom. The molecule has 0 aliphatic carbocycles. The van der Waals surface area contributed by atoms with Gasteiger partial charge in [0.25, 0.3) is 0 Å². The molecule has 0 amide bonds. The van der Waals surface area contributed by atoms with Crippen LogP contribution in [0.25, 0.3) is 0 Å². The van der Waals surface area contributed by atoms with E-state index < -0.39 is 11.8 Å². The second-order valence-corrected chi connectivity index (χ2v) is 4.50. The fourth-order valence-electron chi connectivity index (χ4n) is 1.38. The van der Waals surface area contributed by atoms with Crippen molar-refractivity contribution in [1.82, 2.24) is 0 Å². The number of carboxylic acid groups (broad SMARTS) is 1. The average Bonchev–Trinajstić information content (AvgIpc) is 2.38. The van der Waals surface area contributed by atoms with Crippen molar-refractivity contribution in [3.8, 4) is 0 Å². The number of rotatable bonds is 8. The summed E-state index contributed by atoms with van der Waals surface area (Å²) in [5.41, 5.74) is 0.134. The van der Waals surface area contributed by atoms with Gasteiger partial charge in [0, 0.05) is 6.54 Å². The molecule has 104 valence electrons. The van der Waals surface area contributed by atoms with E-state index in [2.05, 4.69) is 27.8 Å². The van der Waals surface area contributed by atoms with Crippen LogP contribution in [0.3, 0.4) is 0 Å².